The molecule has 2 aromatic rings. The Hall–Kier alpha value is -2.54. The zero-order chi connectivity index (χ0) is 18.5. The van der Waals surface area contributed by atoms with Crippen LogP contribution in [-0.2, 0) is 4.79 Å². The van der Waals surface area contributed by atoms with Crippen LogP contribution in [0.15, 0.2) is 41.0 Å². The summed E-state index contributed by atoms with van der Waals surface area (Å²) in [4.78, 5) is 27.9. The zero-order valence-electron chi connectivity index (χ0n) is 14.1. The molecule has 1 aromatic heterocycles. The summed E-state index contributed by atoms with van der Waals surface area (Å²) < 4.78 is 18.2. The Morgan fingerprint density at radius 1 is 1.15 bits per heavy atom. The van der Waals surface area contributed by atoms with E-state index in [1.54, 1.807) is 28.0 Å². The van der Waals surface area contributed by atoms with Gasteiger partial charge in [0.1, 0.15) is 5.82 Å². The van der Waals surface area contributed by atoms with Gasteiger partial charge in [-0.3, -0.25) is 9.59 Å². The molecule has 8 heteroatoms. The fourth-order valence-corrected chi connectivity index (χ4v) is 2.97. The van der Waals surface area contributed by atoms with Crippen molar-refractivity contribution in [2.45, 2.75) is 6.42 Å². The maximum absolute atomic E-state index is 13.1. The number of furan rings is 1. The second kappa shape index (κ2) is 8.23. The molecule has 1 aromatic carbocycles. The van der Waals surface area contributed by atoms with E-state index in [9.17, 15) is 14.0 Å². The molecule has 26 heavy (non-hydrogen) atoms. The molecular weight excluding hydrogens is 361 g/mol. The first-order valence-electron chi connectivity index (χ1n) is 8.34. The Morgan fingerprint density at radius 2 is 1.88 bits per heavy atom. The van der Waals surface area contributed by atoms with Gasteiger partial charge in [-0.05, 0) is 30.3 Å². The molecule has 2 amide bonds. The normalized spacial score (nSPS) is 14.4. The van der Waals surface area contributed by atoms with Gasteiger partial charge in [-0.15, -0.1) is 0 Å². The summed E-state index contributed by atoms with van der Waals surface area (Å²) in [5.74, 6) is -0.310. The number of hydrogen-bond acceptors (Lipinski definition) is 4. The predicted octanol–water partition coefficient (Wildman–Crippen LogP) is 2.86. The highest BCUT2D eigenvalue weighted by Gasteiger charge is 2.25. The van der Waals surface area contributed by atoms with Crippen molar-refractivity contribution in [2.24, 2.45) is 0 Å². The van der Waals surface area contributed by atoms with Crippen molar-refractivity contribution in [1.29, 1.82) is 0 Å². The topological polar surface area (TPSA) is 65.8 Å². The van der Waals surface area contributed by atoms with Crippen LogP contribution in [0.25, 0.3) is 0 Å². The zero-order valence-corrected chi connectivity index (χ0v) is 14.8. The molecule has 138 valence electrons. The molecule has 0 radical (unpaired) electrons. The number of carbonyl (C=O) groups is 2. The first-order valence-corrected chi connectivity index (χ1v) is 8.72. The third kappa shape index (κ3) is 4.35. The molecule has 1 fully saturated rings. The van der Waals surface area contributed by atoms with Gasteiger partial charge in [0, 0.05) is 44.8 Å². The van der Waals surface area contributed by atoms with Crippen molar-refractivity contribution < 1.29 is 18.4 Å². The van der Waals surface area contributed by atoms with Gasteiger partial charge in [-0.1, -0.05) is 11.6 Å². The summed E-state index contributed by atoms with van der Waals surface area (Å²) >= 11 is 5.72. The molecule has 0 unspecified atom stereocenters. The van der Waals surface area contributed by atoms with Gasteiger partial charge in [0.15, 0.2) is 5.76 Å². The lowest BCUT2D eigenvalue weighted by Gasteiger charge is -2.34. The van der Waals surface area contributed by atoms with E-state index in [0.29, 0.717) is 50.6 Å². The summed E-state index contributed by atoms with van der Waals surface area (Å²) in [6, 6.07) is 7.65. The van der Waals surface area contributed by atoms with E-state index in [2.05, 4.69) is 5.32 Å². The van der Waals surface area contributed by atoms with Gasteiger partial charge in [0.25, 0.3) is 5.91 Å². The van der Waals surface area contributed by atoms with E-state index in [4.69, 9.17) is 16.0 Å². The average molecular weight is 380 g/mol. The van der Waals surface area contributed by atoms with Crippen LogP contribution in [0, 0.1) is 5.82 Å². The fourth-order valence-electron chi connectivity index (χ4n) is 2.79. The maximum atomic E-state index is 13.1. The highest BCUT2D eigenvalue weighted by atomic mass is 35.5. The summed E-state index contributed by atoms with van der Waals surface area (Å²) in [6.45, 7) is 2.37. The second-order valence-corrected chi connectivity index (χ2v) is 6.36. The van der Waals surface area contributed by atoms with Crippen LogP contribution in [0.3, 0.4) is 0 Å². The predicted molar refractivity (Wildman–Crippen MR) is 95.7 cm³/mol. The van der Waals surface area contributed by atoms with E-state index >= 15 is 0 Å². The van der Waals surface area contributed by atoms with Crippen molar-refractivity contribution in [3.63, 3.8) is 0 Å². The van der Waals surface area contributed by atoms with Gasteiger partial charge in [-0.25, -0.2) is 4.39 Å². The summed E-state index contributed by atoms with van der Waals surface area (Å²) in [7, 11) is 0. The third-order valence-electron chi connectivity index (χ3n) is 4.24. The minimum atomic E-state index is -0.477. The van der Waals surface area contributed by atoms with Crippen molar-refractivity contribution in [3.05, 3.63) is 53.2 Å². The SMILES string of the molecule is O=C(CCNc1ccc(F)c(Cl)c1)N1CCN(C(=O)c2ccco2)CC1. The van der Waals surface area contributed by atoms with E-state index in [1.807, 2.05) is 0 Å². The van der Waals surface area contributed by atoms with Gasteiger partial charge < -0.3 is 19.5 Å². The van der Waals surface area contributed by atoms with Crippen molar-refractivity contribution in [3.8, 4) is 0 Å². The molecule has 0 spiro atoms. The third-order valence-corrected chi connectivity index (χ3v) is 4.53. The molecule has 0 bridgehead atoms. The number of halogens is 2. The Morgan fingerprint density at radius 3 is 2.54 bits per heavy atom. The largest absolute Gasteiger partial charge is 0.459 e. The number of carbonyl (C=O) groups excluding carboxylic acids is 2. The molecule has 1 aliphatic rings. The smallest absolute Gasteiger partial charge is 0.289 e. The minimum Gasteiger partial charge on any atom is -0.459 e. The van der Waals surface area contributed by atoms with E-state index in [1.165, 1.54) is 18.4 Å². The van der Waals surface area contributed by atoms with E-state index in [0.717, 1.165) is 0 Å². The quantitative estimate of drug-likeness (QED) is 0.867. The van der Waals surface area contributed by atoms with Crippen LogP contribution >= 0.6 is 11.6 Å². The number of nitrogens with zero attached hydrogens (tertiary/aromatic N) is 2. The molecular formula is C18H19ClFN3O3. The standard InChI is InChI=1S/C18H19ClFN3O3/c19-14-12-13(3-4-15(14)20)21-6-5-17(24)22-7-9-23(10-8-22)18(25)16-2-1-11-26-16/h1-4,11-12,21H,5-10H2. The fraction of sp³-hybridized carbons (Fsp3) is 0.333. The number of hydrogen-bond donors (Lipinski definition) is 1. The maximum Gasteiger partial charge on any atom is 0.289 e. The average Bonchev–Trinajstić information content (AvgIpc) is 3.19. The number of piperazine rings is 1. The summed E-state index contributed by atoms with van der Waals surface area (Å²) in [6.07, 6.45) is 1.77. The van der Waals surface area contributed by atoms with Gasteiger partial charge in [-0.2, -0.15) is 0 Å². The highest BCUT2D eigenvalue weighted by molar-refractivity contribution is 6.31. The Balaban J connectivity index is 1.42. The molecule has 0 aliphatic carbocycles. The van der Waals surface area contributed by atoms with Crippen LogP contribution in [-0.4, -0.2) is 54.3 Å². The van der Waals surface area contributed by atoms with Crippen molar-refractivity contribution in [2.75, 3.05) is 38.0 Å². The van der Waals surface area contributed by atoms with Gasteiger partial charge in [0.05, 0.1) is 11.3 Å². The number of benzene rings is 1. The minimum absolute atomic E-state index is 0.0100. The first kappa shape index (κ1) is 18.3. The summed E-state index contributed by atoms with van der Waals surface area (Å²) in [5.41, 5.74) is 0.665. The van der Waals surface area contributed by atoms with Crippen LogP contribution in [0.1, 0.15) is 17.0 Å². The van der Waals surface area contributed by atoms with Gasteiger partial charge in [0.2, 0.25) is 5.91 Å². The van der Waals surface area contributed by atoms with E-state index < -0.39 is 5.82 Å². The van der Waals surface area contributed by atoms with Crippen LogP contribution in [0.4, 0.5) is 10.1 Å². The molecule has 0 saturated carbocycles. The Labute approximate surface area is 155 Å². The van der Waals surface area contributed by atoms with E-state index in [-0.39, 0.29) is 16.8 Å². The molecule has 6 nitrogen and oxygen atoms in total. The lowest BCUT2D eigenvalue weighted by Crippen LogP contribution is -2.50. The first-order chi connectivity index (χ1) is 12.5. The number of amides is 2. The molecule has 3 rings (SSSR count). The Kier molecular flexibility index (Phi) is 5.78. The molecule has 2 heterocycles. The number of rotatable bonds is 5. The lowest BCUT2D eigenvalue weighted by molar-refractivity contribution is -0.132. The van der Waals surface area contributed by atoms with Gasteiger partial charge >= 0.3 is 0 Å². The molecule has 1 N–H and O–H groups in total. The van der Waals surface area contributed by atoms with Crippen molar-refractivity contribution >= 4 is 29.1 Å². The number of anilines is 1. The van der Waals surface area contributed by atoms with Crippen LogP contribution < -0.4 is 5.32 Å². The summed E-state index contributed by atoms with van der Waals surface area (Å²) in [5, 5.41) is 3.09. The molecule has 0 atom stereocenters. The molecule has 1 saturated heterocycles. The second-order valence-electron chi connectivity index (χ2n) is 5.96. The number of nitrogens with one attached hydrogen (secondary N) is 1. The highest BCUT2D eigenvalue weighted by Crippen LogP contribution is 2.19. The monoisotopic (exact) mass is 379 g/mol. The van der Waals surface area contributed by atoms with Crippen LogP contribution in [0.5, 0.6) is 0 Å². The molecule has 1 aliphatic heterocycles. The Bertz CT molecular complexity index is 774. The van der Waals surface area contributed by atoms with Crippen LogP contribution in [0.2, 0.25) is 5.02 Å². The lowest BCUT2D eigenvalue weighted by atomic mass is 10.2. The van der Waals surface area contributed by atoms with Crippen molar-refractivity contribution in [1.82, 2.24) is 9.80 Å².